The lowest BCUT2D eigenvalue weighted by molar-refractivity contribution is -0.131. The molecule has 2 rings (SSSR count). The Bertz CT molecular complexity index is 727. The Labute approximate surface area is 176 Å². The molecule has 1 unspecified atom stereocenters. The predicted octanol–water partition coefficient (Wildman–Crippen LogP) is 7.34. The summed E-state index contributed by atoms with van der Waals surface area (Å²) in [7, 11) is 0. The highest BCUT2D eigenvalue weighted by atomic mass is 16.5. The molecule has 0 radical (unpaired) electrons. The summed E-state index contributed by atoms with van der Waals surface area (Å²) in [5.74, 6) is 0.0148. The molecule has 0 aromatic heterocycles. The summed E-state index contributed by atoms with van der Waals surface area (Å²) in [6.45, 7) is 4.06. The molecule has 1 heterocycles. The van der Waals surface area contributed by atoms with E-state index in [0.29, 0.717) is 0 Å². The van der Waals surface area contributed by atoms with Crippen LogP contribution in [0.2, 0.25) is 0 Å². The van der Waals surface area contributed by atoms with Gasteiger partial charge in [0.25, 0.3) is 0 Å². The number of hydrogen-bond donors (Lipinski definition) is 1. The summed E-state index contributed by atoms with van der Waals surface area (Å²) in [4.78, 5) is 10.8. The molecular formula is C26H36O3. The second kappa shape index (κ2) is 13.0. The first kappa shape index (κ1) is 23.0. The smallest absolute Gasteiger partial charge is 0.328 e. The fraction of sp³-hybridized carbons (Fsp3) is 0.500. The number of ether oxygens (including phenoxy) is 1. The van der Waals surface area contributed by atoms with E-state index in [1.54, 1.807) is 6.92 Å². The van der Waals surface area contributed by atoms with Crippen molar-refractivity contribution in [1.82, 2.24) is 0 Å². The quantitative estimate of drug-likeness (QED) is 0.215. The van der Waals surface area contributed by atoms with Crippen molar-refractivity contribution in [2.45, 2.75) is 84.2 Å². The minimum atomic E-state index is -0.919. The summed E-state index contributed by atoms with van der Waals surface area (Å²) < 4.78 is 6.27. The van der Waals surface area contributed by atoms with Crippen molar-refractivity contribution < 1.29 is 14.6 Å². The molecule has 1 aromatic carbocycles. The Balaban J connectivity index is 1.88. The largest absolute Gasteiger partial charge is 0.485 e. The lowest BCUT2D eigenvalue weighted by Gasteiger charge is -2.26. The average molecular weight is 397 g/mol. The molecule has 0 aliphatic carbocycles. The number of carbonyl (C=O) groups is 1. The first-order valence-corrected chi connectivity index (χ1v) is 11.2. The molecule has 3 heteroatoms. The van der Waals surface area contributed by atoms with Gasteiger partial charge in [-0.3, -0.25) is 0 Å². The van der Waals surface area contributed by atoms with E-state index < -0.39 is 5.97 Å². The molecule has 29 heavy (non-hydrogen) atoms. The van der Waals surface area contributed by atoms with E-state index in [9.17, 15) is 4.79 Å². The fourth-order valence-corrected chi connectivity index (χ4v) is 3.69. The number of rotatable bonds is 13. The van der Waals surface area contributed by atoms with Gasteiger partial charge in [-0.1, -0.05) is 88.6 Å². The van der Waals surface area contributed by atoms with Crippen LogP contribution in [0.4, 0.5) is 0 Å². The Morgan fingerprint density at radius 3 is 2.38 bits per heavy atom. The average Bonchev–Trinajstić information content (AvgIpc) is 2.70. The molecule has 1 N–H and O–H groups in total. The van der Waals surface area contributed by atoms with Crippen LogP contribution in [0.3, 0.4) is 0 Å². The Morgan fingerprint density at radius 1 is 1.03 bits per heavy atom. The molecule has 1 aliphatic rings. The van der Waals surface area contributed by atoms with Crippen molar-refractivity contribution in [2.75, 3.05) is 0 Å². The zero-order valence-corrected chi connectivity index (χ0v) is 18.0. The molecule has 0 fully saturated rings. The number of aliphatic carboxylic acids is 1. The van der Waals surface area contributed by atoms with Crippen LogP contribution in [-0.4, -0.2) is 17.2 Å². The van der Waals surface area contributed by atoms with Crippen LogP contribution in [0.5, 0.6) is 5.75 Å². The summed E-state index contributed by atoms with van der Waals surface area (Å²) in [6, 6.07) is 8.09. The molecule has 158 valence electrons. The molecule has 1 atom stereocenters. The van der Waals surface area contributed by atoms with Gasteiger partial charge in [-0.25, -0.2) is 4.79 Å². The molecule has 0 spiro atoms. The standard InChI is InChI=1S/C26H36O3/c1-3-4-5-6-7-8-9-10-11-15-25-23(18-17-21(2)19-26(27)28)20-22-14-12-13-16-24(22)29-25/h12-14,16-20,25H,3-11,15H2,1-2H3,(H,27,28)/b18-17+,21-19+. The zero-order chi connectivity index (χ0) is 20.9. The third kappa shape index (κ3) is 8.72. The summed E-state index contributed by atoms with van der Waals surface area (Å²) >= 11 is 0. The number of allylic oxidation sites excluding steroid dienone is 2. The molecule has 3 nitrogen and oxygen atoms in total. The van der Waals surface area contributed by atoms with Crippen LogP contribution in [0.25, 0.3) is 6.08 Å². The Kier molecular flexibility index (Phi) is 10.3. The van der Waals surface area contributed by atoms with Crippen molar-refractivity contribution in [3.05, 3.63) is 59.2 Å². The van der Waals surface area contributed by atoms with Crippen LogP contribution >= 0.6 is 0 Å². The van der Waals surface area contributed by atoms with Gasteiger partial charge in [-0.05, 0) is 43.1 Å². The highest BCUT2D eigenvalue weighted by Gasteiger charge is 2.20. The van der Waals surface area contributed by atoms with Crippen molar-refractivity contribution in [3.63, 3.8) is 0 Å². The fourth-order valence-electron chi connectivity index (χ4n) is 3.69. The molecule has 0 saturated carbocycles. The monoisotopic (exact) mass is 396 g/mol. The molecule has 1 aliphatic heterocycles. The first-order valence-electron chi connectivity index (χ1n) is 11.2. The van der Waals surface area contributed by atoms with E-state index in [2.05, 4.69) is 19.1 Å². The van der Waals surface area contributed by atoms with Gasteiger partial charge < -0.3 is 9.84 Å². The predicted molar refractivity (Wildman–Crippen MR) is 121 cm³/mol. The minimum Gasteiger partial charge on any atom is -0.485 e. The first-order chi connectivity index (χ1) is 14.1. The Hall–Kier alpha value is -2.29. The molecule has 0 bridgehead atoms. The van der Waals surface area contributed by atoms with Crippen molar-refractivity contribution in [2.24, 2.45) is 0 Å². The van der Waals surface area contributed by atoms with E-state index >= 15 is 0 Å². The maximum absolute atomic E-state index is 10.8. The second-order valence-electron chi connectivity index (χ2n) is 7.97. The van der Waals surface area contributed by atoms with Crippen molar-refractivity contribution in [3.8, 4) is 5.75 Å². The number of para-hydroxylation sites is 1. The van der Waals surface area contributed by atoms with Crippen molar-refractivity contribution >= 4 is 12.0 Å². The molecular weight excluding hydrogens is 360 g/mol. The number of unbranched alkanes of at least 4 members (excludes halogenated alkanes) is 8. The topological polar surface area (TPSA) is 46.5 Å². The number of benzene rings is 1. The van der Waals surface area contributed by atoms with Gasteiger partial charge in [0.1, 0.15) is 11.9 Å². The second-order valence-corrected chi connectivity index (χ2v) is 7.97. The summed E-state index contributed by atoms with van der Waals surface area (Å²) in [6.07, 6.45) is 20.1. The van der Waals surface area contributed by atoms with Gasteiger partial charge in [-0.15, -0.1) is 0 Å². The lowest BCUT2D eigenvalue weighted by atomic mass is 9.96. The number of carboxylic acid groups (broad SMARTS) is 1. The van der Waals surface area contributed by atoms with Crippen LogP contribution in [0.1, 0.15) is 83.6 Å². The lowest BCUT2D eigenvalue weighted by Crippen LogP contribution is -2.21. The van der Waals surface area contributed by atoms with E-state index in [1.165, 1.54) is 57.4 Å². The number of fused-ring (bicyclic) bond motifs is 1. The van der Waals surface area contributed by atoms with Gasteiger partial charge in [0.05, 0.1) is 0 Å². The molecule has 0 saturated heterocycles. The number of carboxylic acids is 1. The maximum Gasteiger partial charge on any atom is 0.328 e. The van der Waals surface area contributed by atoms with Crippen LogP contribution in [0, 0.1) is 0 Å². The van der Waals surface area contributed by atoms with E-state index in [-0.39, 0.29) is 6.10 Å². The summed E-state index contributed by atoms with van der Waals surface area (Å²) in [5.41, 5.74) is 2.91. The molecule has 0 amide bonds. The highest BCUT2D eigenvalue weighted by Crippen LogP contribution is 2.32. The van der Waals surface area contributed by atoms with Gasteiger partial charge >= 0.3 is 5.97 Å². The number of hydrogen-bond acceptors (Lipinski definition) is 2. The van der Waals surface area contributed by atoms with Gasteiger partial charge in [0, 0.05) is 11.6 Å². The third-order valence-electron chi connectivity index (χ3n) is 5.34. The van der Waals surface area contributed by atoms with E-state index in [0.717, 1.165) is 35.3 Å². The van der Waals surface area contributed by atoms with Crippen LogP contribution in [-0.2, 0) is 4.79 Å². The third-order valence-corrected chi connectivity index (χ3v) is 5.34. The van der Waals surface area contributed by atoms with E-state index in [1.807, 2.05) is 30.4 Å². The molecule has 1 aromatic rings. The Morgan fingerprint density at radius 2 is 1.69 bits per heavy atom. The van der Waals surface area contributed by atoms with Crippen LogP contribution < -0.4 is 4.74 Å². The zero-order valence-electron chi connectivity index (χ0n) is 18.0. The van der Waals surface area contributed by atoms with Crippen LogP contribution in [0.15, 0.2) is 53.6 Å². The van der Waals surface area contributed by atoms with Crippen molar-refractivity contribution in [1.29, 1.82) is 0 Å². The van der Waals surface area contributed by atoms with E-state index in [4.69, 9.17) is 9.84 Å². The van der Waals surface area contributed by atoms with Gasteiger partial charge in [0.15, 0.2) is 0 Å². The van der Waals surface area contributed by atoms with Gasteiger partial charge in [-0.2, -0.15) is 0 Å². The SMILES string of the molecule is CCCCCCCCCCCC1Oc2ccccc2C=C1/C=C/C(C)=C/C(=O)O. The normalized spacial score (nSPS) is 16.4. The highest BCUT2D eigenvalue weighted by molar-refractivity contribution is 5.81. The minimum absolute atomic E-state index is 0.0309. The summed E-state index contributed by atoms with van der Waals surface area (Å²) in [5, 5.41) is 8.90. The maximum atomic E-state index is 10.8. The van der Waals surface area contributed by atoms with Gasteiger partial charge in [0.2, 0.25) is 0 Å².